The van der Waals surface area contributed by atoms with Crippen molar-refractivity contribution >= 4 is 40.3 Å². The van der Waals surface area contributed by atoms with Crippen LogP contribution in [0.3, 0.4) is 0 Å². The van der Waals surface area contributed by atoms with Crippen molar-refractivity contribution < 1.29 is 18.8 Å². The number of carbonyl (C=O) groups is 3. The van der Waals surface area contributed by atoms with Gasteiger partial charge in [-0.2, -0.15) is 0 Å². The topological polar surface area (TPSA) is 169 Å². The van der Waals surface area contributed by atoms with Gasteiger partial charge < -0.3 is 37.3 Å². The van der Waals surface area contributed by atoms with E-state index in [9.17, 15) is 18.8 Å². The van der Waals surface area contributed by atoms with Crippen LogP contribution in [0, 0.1) is 5.82 Å². The van der Waals surface area contributed by atoms with Crippen LogP contribution in [0.2, 0.25) is 0 Å². The molecule has 0 spiro atoms. The predicted molar refractivity (Wildman–Crippen MR) is 195 cm³/mol. The summed E-state index contributed by atoms with van der Waals surface area (Å²) in [7, 11) is 0. The molecule has 1 saturated carbocycles. The second-order valence-electron chi connectivity index (χ2n) is 12.9. The normalized spacial score (nSPS) is 14.2. The molecule has 0 saturated heterocycles. The Kier molecular flexibility index (Phi) is 12.6. The summed E-state index contributed by atoms with van der Waals surface area (Å²) in [6.45, 7) is 2.88. The summed E-state index contributed by atoms with van der Waals surface area (Å²) in [5.74, 6) is -1.56. The Morgan fingerprint density at radius 1 is 0.920 bits per heavy atom. The van der Waals surface area contributed by atoms with E-state index < -0.39 is 18.0 Å². The number of hydrogen-bond acceptors (Lipinski definition) is 5. The number of carbonyl (C=O) groups excluding carboxylic acids is 3. The van der Waals surface area contributed by atoms with Crippen molar-refractivity contribution in [3.05, 3.63) is 102 Å². The van der Waals surface area contributed by atoms with Gasteiger partial charge in [0.15, 0.2) is 5.96 Å². The third-order valence-electron chi connectivity index (χ3n) is 8.99. The summed E-state index contributed by atoms with van der Waals surface area (Å²) in [4.78, 5) is 43.4. The summed E-state index contributed by atoms with van der Waals surface area (Å²) >= 11 is 0. The van der Waals surface area contributed by atoms with Crippen LogP contribution in [0.4, 0.5) is 10.1 Å². The minimum absolute atomic E-state index is 0.0510. The smallest absolute Gasteiger partial charge is 0.247 e. The van der Waals surface area contributed by atoms with Gasteiger partial charge in [0.25, 0.3) is 0 Å². The molecular weight excluding hydrogens is 635 g/mol. The molecule has 50 heavy (non-hydrogen) atoms. The van der Waals surface area contributed by atoms with Gasteiger partial charge in [-0.05, 0) is 72.7 Å². The molecule has 0 aliphatic heterocycles. The van der Waals surface area contributed by atoms with Gasteiger partial charge in [-0.15, -0.1) is 0 Å². The van der Waals surface area contributed by atoms with Gasteiger partial charge in [0, 0.05) is 61.8 Å². The number of fused-ring (bicyclic) bond motifs is 1. The maximum Gasteiger partial charge on any atom is 0.247 e. The van der Waals surface area contributed by atoms with E-state index >= 15 is 0 Å². The van der Waals surface area contributed by atoms with Crippen molar-refractivity contribution in [3.63, 3.8) is 0 Å². The summed E-state index contributed by atoms with van der Waals surface area (Å²) in [5, 5.41) is 13.3. The Morgan fingerprint density at radius 2 is 1.66 bits per heavy atom. The van der Waals surface area contributed by atoms with E-state index in [-0.39, 0.29) is 36.4 Å². The highest BCUT2D eigenvalue weighted by atomic mass is 19.1. The van der Waals surface area contributed by atoms with Crippen LogP contribution in [0.15, 0.2) is 84.0 Å². The zero-order valence-electron chi connectivity index (χ0n) is 28.5. The number of anilines is 1. The molecule has 12 heteroatoms. The van der Waals surface area contributed by atoms with E-state index in [2.05, 4.69) is 37.0 Å². The predicted octanol–water partition coefficient (Wildman–Crippen LogP) is 4.09. The molecule has 1 fully saturated rings. The van der Waals surface area contributed by atoms with E-state index in [1.165, 1.54) is 31.9 Å². The first-order chi connectivity index (χ1) is 24.1. The fourth-order valence-electron chi connectivity index (χ4n) is 6.47. The number of aromatic nitrogens is 1. The molecule has 11 nitrogen and oxygen atoms in total. The Morgan fingerprint density at radius 3 is 2.36 bits per heavy atom. The van der Waals surface area contributed by atoms with Gasteiger partial charge in [0.05, 0.1) is 0 Å². The number of amides is 3. The number of nitrogens with two attached hydrogens (primary N) is 2. The number of nitrogens with one attached hydrogen (secondary N) is 4. The first-order valence-electron chi connectivity index (χ1n) is 17.2. The fraction of sp³-hybridized carbons (Fsp3) is 0.368. The molecule has 0 unspecified atom stereocenters. The maximum atomic E-state index is 13.9. The molecule has 3 aromatic carbocycles. The lowest BCUT2D eigenvalue weighted by atomic mass is 10.0. The van der Waals surface area contributed by atoms with Crippen molar-refractivity contribution in [2.45, 2.75) is 83.1 Å². The lowest BCUT2D eigenvalue weighted by Gasteiger charge is -2.23. The Balaban J connectivity index is 1.37. The summed E-state index contributed by atoms with van der Waals surface area (Å²) < 4.78 is 15.8. The Labute approximate surface area is 292 Å². The number of benzene rings is 3. The average Bonchev–Trinajstić information content (AvgIpc) is 3.74. The molecule has 4 aromatic rings. The van der Waals surface area contributed by atoms with Crippen molar-refractivity contribution in [1.29, 1.82) is 0 Å². The molecule has 0 bridgehead atoms. The quantitative estimate of drug-likeness (QED) is 0.0591. The summed E-state index contributed by atoms with van der Waals surface area (Å²) in [6.07, 6.45) is 7.86. The molecule has 1 aliphatic rings. The van der Waals surface area contributed by atoms with Crippen LogP contribution in [0.5, 0.6) is 0 Å². The highest BCUT2D eigenvalue weighted by Crippen LogP contribution is 2.27. The molecule has 1 aromatic heterocycles. The van der Waals surface area contributed by atoms with E-state index in [1.807, 2.05) is 48.5 Å². The SMILES string of the molecule is CC(=O)N[C@H](CCCN=C(N)N)C(=O)N[C@H](Cc1ccccc1)C(=O)Nc1ccc2c(c1)c(CNC1CCCC1)cn2Cc1ccc(F)cc1. The van der Waals surface area contributed by atoms with Crippen LogP contribution >= 0.6 is 0 Å². The highest BCUT2D eigenvalue weighted by Gasteiger charge is 2.27. The number of rotatable bonds is 16. The fourth-order valence-corrected chi connectivity index (χ4v) is 6.47. The Hall–Kier alpha value is -5.23. The lowest BCUT2D eigenvalue weighted by Crippen LogP contribution is -2.53. The molecular formula is C38H47FN8O3. The van der Waals surface area contributed by atoms with E-state index in [0.717, 1.165) is 40.4 Å². The monoisotopic (exact) mass is 682 g/mol. The van der Waals surface area contributed by atoms with Crippen molar-refractivity contribution in [2.24, 2.45) is 16.5 Å². The standard InChI is InChI=1S/C38H47FN8O3/c1-25(48)44-33(12-7-19-42-38(40)41)36(49)46-34(20-26-8-3-2-4-9-26)37(50)45-31-17-18-35-32(21-31)28(22-43-30-10-5-6-11-30)24-47(35)23-27-13-15-29(39)16-14-27/h2-4,8-9,13-18,21,24,30,33-34,43H,5-7,10-12,19-20,22-23H2,1H3,(H,44,48)(H,45,50)(H,46,49)(H4,40,41,42)/t33-,34-/m1/s1. The first-order valence-corrected chi connectivity index (χ1v) is 17.2. The van der Waals surface area contributed by atoms with E-state index in [4.69, 9.17) is 11.5 Å². The van der Waals surface area contributed by atoms with Crippen LogP contribution in [-0.2, 0) is 33.9 Å². The van der Waals surface area contributed by atoms with Gasteiger partial charge in [-0.1, -0.05) is 55.3 Å². The van der Waals surface area contributed by atoms with Crippen LogP contribution in [0.25, 0.3) is 10.9 Å². The highest BCUT2D eigenvalue weighted by molar-refractivity contribution is 6.00. The molecule has 1 aliphatic carbocycles. The van der Waals surface area contributed by atoms with Crippen LogP contribution in [0.1, 0.15) is 62.1 Å². The lowest BCUT2D eigenvalue weighted by molar-refractivity contribution is -0.130. The van der Waals surface area contributed by atoms with Gasteiger partial charge in [0.2, 0.25) is 17.7 Å². The largest absolute Gasteiger partial charge is 0.370 e. The van der Waals surface area contributed by atoms with E-state index in [0.29, 0.717) is 37.8 Å². The van der Waals surface area contributed by atoms with Crippen molar-refractivity contribution in [2.75, 3.05) is 11.9 Å². The molecule has 0 radical (unpaired) electrons. The van der Waals surface area contributed by atoms with Crippen LogP contribution < -0.4 is 32.7 Å². The first kappa shape index (κ1) is 36.1. The molecule has 5 rings (SSSR count). The van der Waals surface area contributed by atoms with Crippen LogP contribution in [-0.4, -0.2) is 52.9 Å². The molecule has 2 atom stereocenters. The number of aliphatic imine (C=N–C) groups is 1. The molecule has 3 amide bonds. The van der Waals surface area contributed by atoms with Crippen molar-refractivity contribution in [3.8, 4) is 0 Å². The number of nitrogens with zero attached hydrogens (tertiary/aromatic N) is 2. The molecule has 1 heterocycles. The number of hydrogen-bond donors (Lipinski definition) is 6. The maximum absolute atomic E-state index is 13.9. The zero-order chi connectivity index (χ0) is 35.5. The second-order valence-corrected chi connectivity index (χ2v) is 12.9. The third-order valence-corrected chi connectivity index (χ3v) is 8.99. The van der Waals surface area contributed by atoms with E-state index in [1.54, 1.807) is 12.1 Å². The van der Waals surface area contributed by atoms with Gasteiger partial charge in [0.1, 0.15) is 17.9 Å². The van der Waals surface area contributed by atoms with Gasteiger partial charge in [-0.25, -0.2) is 4.39 Å². The Bertz CT molecular complexity index is 1780. The zero-order valence-corrected chi connectivity index (χ0v) is 28.5. The minimum atomic E-state index is -0.929. The number of halogens is 1. The summed E-state index contributed by atoms with van der Waals surface area (Å²) in [6, 6.07) is 20.4. The minimum Gasteiger partial charge on any atom is -0.370 e. The van der Waals surface area contributed by atoms with Gasteiger partial charge >= 0.3 is 0 Å². The average molecular weight is 683 g/mol. The molecule has 264 valence electrons. The van der Waals surface area contributed by atoms with Crippen molar-refractivity contribution in [1.82, 2.24) is 20.5 Å². The second kappa shape index (κ2) is 17.4. The van der Waals surface area contributed by atoms with Gasteiger partial charge in [-0.3, -0.25) is 19.4 Å². The molecule has 8 N–H and O–H groups in total. The third kappa shape index (κ3) is 10.4. The summed E-state index contributed by atoms with van der Waals surface area (Å²) in [5.41, 5.74) is 15.4. The number of guanidine groups is 1.